The number of carbonyl (C=O) groups is 2. The Bertz CT molecular complexity index is 1160. The van der Waals surface area contributed by atoms with Crippen LogP contribution in [0.1, 0.15) is 22.7 Å². The van der Waals surface area contributed by atoms with E-state index >= 15 is 0 Å². The first kappa shape index (κ1) is 20.2. The quantitative estimate of drug-likeness (QED) is 0.213. The van der Waals surface area contributed by atoms with E-state index in [-0.39, 0.29) is 16.5 Å². The first-order chi connectivity index (χ1) is 14.4. The second kappa shape index (κ2) is 8.00. The third-order valence-electron chi connectivity index (χ3n) is 4.73. The molecule has 1 atom stereocenters. The molecule has 1 fully saturated rings. The van der Waals surface area contributed by atoms with Crippen LogP contribution in [-0.2, 0) is 9.59 Å². The van der Waals surface area contributed by atoms with Gasteiger partial charge in [-0.05, 0) is 30.9 Å². The Morgan fingerprint density at radius 2 is 1.77 bits per heavy atom. The van der Waals surface area contributed by atoms with Gasteiger partial charge in [-0.25, -0.2) is 4.39 Å². The van der Waals surface area contributed by atoms with Crippen LogP contribution in [0.5, 0.6) is 0 Å². The number of hydrogen-bond donors (Lipinski definition) is 1. The van der Waals surface area contributed by atoms with Crippen molar-refractivity contribution in [2.45, 2.75) is 17.3 Å². The molecule has 0 aliphatic carbocycles. The van der Waals surface area contributed by atoms with Gasteiger partial charge in [0.1, 0.15) is 11.6 Å². The molecule has 9 heteroatoms. The monoisotopic (exact) mass is 441 g/mol. The molecule has 0 radical (unpaired) electrons. The summed E-state index contributed by atoms with van der Waals surface area (Å²) in [5.74, 6) is -2.39. The molecule has 0 saturated carbocycles. The molecule has 0 spiro atoms. The van der Waals surface area contributed by atoms with Crippen LogP contribution < -0.4 is 4.90 Å². The van der Waals surface area contributed by atoms with Crippen LogP contribution in [0.4, 0.5) is 9.52 Å². The average molecular weight is 442 g/mol. The lowest BCUT2D eigenvalue weighted by molar-refractivity contribution is -0.132. The van der Waals surface area contributed by atoms with Crippen LogP contribution in [-0.4, -0.2) is 33.3 Å². The summed E-state index contributed by atoms with van der Waals surface area (Å²) >= 11 is 2.53. The smallest absolute Gasteiger partial charge is 0.301 e. The molecule has 0 unspecified atom stereocenters. The lowest BCUT2D eigenvalue weighted by atomic mass is 9.95. The molecule has 1 N–H and O–H groups in total. The van der Waals surface area contributed by atoms with Crippen molar-refractivity contribution in [3.05, 3.63) is 76.6 Å². The van der Waals surface area contributed by atoms with Crippen LogP contribution in [0, 0.1) is 12.7 Å². The molecule has 1 aliphatic rings. The number of aryl methyl sites for hydroxylation is 1. The van der Waals surface area contributed by atoms with E-state index in [9.17, 15) is 19.1 Å². The van der Waals surface area contributed by atoms with E-state index in [1.165, 1.54) is 40.9 Å². The van der Waals surface area contributed by atoms with Crippen molar-refractivity contribution in [2.75, 3.05) is 11.2 Å². The summed E-state index contributed by atoms with van der Waals surface area (Å²) in [4.78, 5) is 27.1. The van der Waals surface area contributed by atoms with Gasteiger partial charge in [-0.2, -0.15) is 0 Å². The summed E-state index contributed by atoms with van der Waals surface area (Å²) in [6.07, 6.45) is 1.83. The van der Waals surface area contributed by atoms with Crippen molar-refractivity contribution < 1.29 is 19.1 Å². The van der Waals surface area contributed by atoms with Crippen molar-refractivity contribution in [1.82, 2.24) is 10.2 Å². The van der Waals surface area contributed by atoms with Crippen molar-refractivity contribution in [1.29, 1.82) is 0 Å². The normalized spacial score (nSPS) is 18.2. The summed E-state index contributed by atoms with van der Waals surface area (Å²) in [5, 5.41) is 19.3. The SMILES string of the molecule is CSc1nnc(N2C(=O)C(=O)C(=C(O)c3ccc(C)cc3)[C@H]2c2ccc(F)cc2)s1. The number of amides is 1. The number of thioether (sulfide) groups is 1. The highest BCUT2D eigenvalue weighted by molar-refractivity contribution is 8.00. The number of anilines is 1. The predicted octanol–water partition coefficient (Wildman–Crippen LogP) is 4.33. The number of ketones is 1. The topological polar surface area (TPSA) is 83.4 Å². The summed E-state index contributed by atoms with van der Waals surface area (Å²) in [6.45, 7) is 1.90. The number of aliphatic hydroxyl groups excluding tert-OH is 1. The molecule has 1 aromatic heterocycles. The van der Waals surface area contributed by atoms with Gasteiger partial charge >= 0.3 is 5.91 Å². The van der Waals surface area contributed by atoms with E-state index in [1.807, 2.05) is 13.2 Å². The van der Waals surface area contributed by atoms with Crippen molar-refractivity contribution >= 4 is 45.7 Å². The second-order valence-corrected chi connectivity index (χ2v) is 8.65. The molecular weight excluding hydrogens is 425 g/mol. The second-order valence-electron chi connectivity index (χ2n) is 6.64. The average Bonchev–Trinajstić information content (AvgIpc) is 3.31. The van der Waals surface area contributed by atoms with Gasteiger partial charge in [-0.1, -0.05) is 65.1 Å². The molecule has 1 aliphatic heterocycles. The number of aromatic nitrogens is 2. The molecule has 2 aromatic carbocycles. The van der Waals surface area contributed by atoms with E-state index in [1.54, 1.807) is 24.3 Å². The van der Waals surface area contributed by atoms with E-state index < -0.39 is 23.5 Å². The van der Waals surface area contributed by atoms with E-state index in [0.29, 0.717) is 15.5 Å². The van der Waals surface area contributed by atoms with Gasteiger partial charge in [-0.3, -0.25) is 14.5 Å². The predicted molar refractivity (Wildman–Crippen MR) is 114 cm³/mol. The molecule has 1 amide bonds. The Morgan fingerprint density at radius 1 is 1.10 bits per heavy atom. The van der Waals surface area contributed by atoms with Gasteiger partial charge in [0.15, 0.2) is 4.34 Å². The van der Waals surface area contributed by atoms with Gasteiger partial charge < -0.3 is 5.11 Å². The Morgan fingerprint density at radius 3 is 2.37 bits per heavy atom. The van der Waals surface area contributed by atoms with Crippen molar-refractivity contribution in [3.8, 4) is 0 Å². The summed E-state index contributed by atoms with van der Waals surface area (Å²) in [6, 6.07) is 11.5. The number of rotatable bonds is 4. The molecule has 4 rings (SSSR count). The third kappa shape index (κ3) is 3.50. The summed E-state index contributed by atoms with van der Waals surface area (Å²) in [5.41, 5.74) is 1.80. The van der Waals surface area contributed by atoms with Gasteiger partial charge in [0.2, 0.25) is 5.13 Å². The zero-order valence-corrected chi connectivity index (χ0v) is 17.6. The minimum atomic E-state index is -0.949. The van der Waals surface area contributed by atoms with Crippen molar-refractivity contribution in [3.63, 3.8) is 0 Å². The number of hydrogen-bond acceptors (Lipinski definition) is 7. The fraction of sp³-hybridized carbons (Fsp3) is 0.143. The van der Waals surface area contributed by atoms with Crippen molar-refractivity contribution in [2.24, 2.45) is 0 Å². The van der Waals surface area contributed by atoms with E-state index in [4.69, 9.17) is 0 Å². The lowest BCUT2D eigenvalue weighted by Gasteiger charge is -2.22. The lowest BCUT2D eigenvalue weighted by Crippen LogP contribution is -2.29. The first-order valence-corrected chi connectivity index (χ1v) is 11.0. The van der Waals surface area contributed by atoms with Gasteiger partial charge in [0.25, 0.3) is 5.78 Å². The largest absolute Gasteiger partial charge is 0.507 e. The van der Waals surface area contributed by atoms with Gasteiger partial charge in [-0.15, -0.1) is 10.2 Å². The molecule has 152 valence electrons. The molecular formula is C21H16FN3O3S2. The zero-order valence-electron chi connectivity index (χ0n) is 16.0. The fourth-order valence-electron chi connectivity index (χ4n) is 3.24. The Hall–Kier alpha value is -3.04. The van der Waals surface area contributed by atoms with Crippen LogP contribution >= 0.6 is 23.1 Å². The highest BCUT2D eigenvalue weighted by Crippen LogP contribution is 2.43. The van der Waals surface area contributed by atoms with Crippen LogP contribution in [0.2, 0.25) is 0 Å². The third-order valence-corrected chi connectivity index (χ3v) is 6.63. The highest BCUT2D eigenvalue weighted by Gasteiger charge is 2.48. The maximum atomic E-state index is 13.5. The standard InChI is InChI=1S/C21H16FN3O3S2/c1-11-3-5-13(6-4-11)17(26)15-16(12-7-9-14(22)10-8-12)25(19(28)18(15)27)20-23-24-21(29-2)30-20/h3-10,16,26H,1-2H3/t16-/m1/s1. The maximum Gasteiger partial charge on any atom is 0.301 e. The number of Topliss-reactive ketones (excluding diaryl/α,β-unsaturated/α-hetero) is 1. The minimum absolute atomic E-state index is 0.0728. The Balaban J connectivity index is 1.92. The zero-order chi connectivity index (χ0) is 21.4. The Labute approximate surface area is 180 Å². The number of aliphatic hydroxyl groups is 1. The number of benzene rings is 2. The van der Waals surface area contributed by atoms with Crippen LogP contribution in [0.3, 0.4) is 0 Å². The van der Waals surface area contributed by atoms with Gasteiger partial charge in [0.05, 0.1) is 11.6 Å². The molecule has 30 heavy (non-hydrogen) atoms. The first-order valence-electron chi connectivity index (χ1n) is 8.91. The van der Waals surface area contributed by atoms with Crippen LogP contribution in [0.15, 0.2) is 58.4 Å². The highest BCUT2D eigenvalue weighted by atomic mass is 32.2. The molecule has 6 nitrogen and oxygen atoms in total. The molecule has 0 bridgehead atoms. The van der Waals surface area contributed by atoms with E-state index in [0.717, 1.165) is 16.9 Å². The number of carbonyl (C=O) groups excluding carboxylic acids is 2. The number of nitrogens with zero attached hydrogens (tertiary/aromatic N) is 3. The summed E-state index contributed by atoms with van der Waals surface area (Å²) < 4.78 is 14.2. The van der Waals surface area contributed by atoms with Crippen LogP contribution in [0.25, 0.3) is 5.76 Å². The maximum absolute atomic E-state index is 13.5. The van der Waals surface area contributed by atoms with Gasteiger partial charge in [0, 0.05) is 5.56 Å². The van der Waals surface area contributed by atoms with E-state index in [2.05, 4.69) is 10.2 Å². The Kier molecular flexibility index (Phi) is 5.40. The molecule has 2 heterocycles. The fourth-order valence-corrected chi connectivity index (χ4v) is 4.53. The molecule has 1 saturated heterocycles. The summed E-state index contributed by atoms with van der Waals surface area (Å²) in [7, 11) is 0. The number of halogens is 1. The molecule has 3 aromatic rings. The minimum Gasteiger partial charge on any atom is -0.507 e.